The van der Waals surface area contributed by atoms with E-state index in [0.717, 1.165) is 21.9 Å². The van der Waals surface area contributed by atoms with Crippen LogP contribution in [0.25, 0.3) is 33.3 Å². The van der Waals surface area contributed by atoms with Crippen molar-refractivity contribution in [3.63, 3.8) is 0 Å². The number of nitrogens with zero attached hydrogens (tertiary/aromatic N) is 1. The highest BCUT2D eigenvalue weighted by Gasteiger charge is 2.14. The topological polar surface area (TPSA) is 55.1 Å². The van der Waals surface area contributed by atoms with E-state index in [1.54, 1.807) is 0 Å². The molecule has 0 aliphatic carbocycles. The molecule has 0 radical (unpaired) electrons. The number of hydrogen-bond donors (Lipinski definition) is 1. The molecule has 5 rings (SSSR count). The molecule has 0 aliphatic heterocycles. The lowest BCUT2D eigenvalue weighted by molar-refractivity contribution is 0.102. The predicted molar refractivity (Wildman–Crippen MR) is 111 cm³/mol. The lowest BCUT2D eigenvalue weighted by Crippen LogP contribution is -2.12. The van der Waals surface area contributed by atoms with E-state index in [0.29, 0.717) is 22.7 Å². The zero-order valence-electron chi connectivity index (χ0n) is 14.9. The van der Waals surface area contributed by atoms with E-state index in [1.807, 2.05) is 91.0 Å². The zero-order valence-corrected chi connectivity index (χ0v) is 14.9. The Labute approximate surface area is 161 Å². The van der Waals surface area contributed by atoms with E-state index in [9.17, 15) is 4.79 Å². The SMILES string of the molecule is O=C(Nc1ccccc1-c1nc2ccccc2o1)c1ccc2ccccc2c1. The van der Waals surface area contributed by atoms with Crippen LogP contribution in [0.1, 0.15) is 10.4 Å². The molecule has 0 saturated heterocycles. The average Bonchev–Trinajstić information content (AvgIpc) is 3.18. The molecule has 0 aliphatic rings. The van der Waals surface area contributed by atoms with Crippen LogP contribution in [-0.4, -0.2) is 10.9 Å². The summed E-state index contributed by atoms with van der Waals surface area (Å²) in [4.78, 5) is 17.4. The van der Waals surface area contributed by atoms with Crippen LogP contribution in [0, 0.1) is 0 Å². The molecule has 5 aromatic rings. The molecule has 0 saturated carbocycles. The number of carbonyl (C=O) groups excluding carboxylic acids is 1. The van der Waals surface area contributed by atoms with E-state index in [-0.39, 0.29) is 5.91 Å². The van der Waals surface area contributed by atoms with Gasteiger partial charge in [-0.1, -0.05) is 54.6 Å². The Hall–Kier alpha value is -3.92. The molecule has 4 nitrogen and oxygen atoms in total. The maximum Gasteiger partial charge on any atom is 0.255 e. The summed E-state index contributed by atoms with van der Waals surface area (Å²) in [7, 11) is 0. The van der Waals surface area contributed by atoms with Crippen LogP contribution < -0.4 is 5.32 Å². The molecule has 1 N–H and O–H groups in total. The number of rotatable bonds is 3. The molecule has 28 heavy (non-hydrogen) atoms. The van der Waals surface area contributed by atoms with Crippen LogP contribution in [0.3, 0.4) is 0 Å². The number of fused-ring (bicyclic) bond motifs is 2. The second kappa shape index (κ2) is 6.67. The fourth-order valence-electron chi connectivity index (χ4n) is 3.29. The van der Waals surface area contributed by atoms with Crippen LogP contribution in [0.15, 0.2) is 95.4 Å². The number of nitrogens with one attached hydrogen (secondary N) is 1. The van der Waals surface area contributed by atoms with E-state index >= 15 is 0 Å². The third kappa shape index (κ3) is 2.91. The minimum Gasteiger partial charge on any atom is -0.436 e. The van der Waals surface area contributed by atoms with Crippen molar-refractivity contribution in [3.05, 3.63) is 96.6 Å². The Morgan fingerprint density at radius 2 is 1.54 bits per heavy atom. The van der Waals surface area contributed by atoms with Gasteiger partial charge in [-0.25, -0.2) is 4.98 Å². The Balaban J connectivity index is 1.50. The minimum absolute atomic E-state index is 0.172. The number of amides is 1. The lowest BCUT2D eigenvalue weighted by atomic mass is 10.1. The molecule has 0 spiro atoms. The smallest absolute Gasteiger partial charge is 0.255 e. The number of aromatic nitrogens is 1. The summed E-state index contributed by atoms with van der Waals surface area (Å²) < 4.78 is 5.88. The van der Waals surface area contributed by atoms with Crippen molar-refractivity contribution in [2.24, 2.45) is 0 Å². The van der Waals surface area contributed by atoms with Gasteiger partial charge in [-0.3, -0.25) is 4.79 Å². The molecular weight excluding hydrogens is 348 g/mol. The second-order valence-electron chi connectivity index (χ2n) is 6.55. The standard InChI is InChI=1S/C24H16N2O2/c27-23(18-14-13-16-7-1-2-8-17(16)15-18)25-20-10-4-3-9-19(20)24-26-21-11-5-6-12-22(21)28-24/h1-15H,(H,25,27). The Morgan fingerprint density at radius 1 is 0.786 bits per heavy atom. The van der Waals surface area contributed by atoms with Crippen molar-refractivity contribution < 1.29 is 9.21 Å². The maximum atomic E-state index is 12.9. The van der Waals surface area contributed by atoms with Crippen LogP contribution in [0.2, 0.25) is 0 Å². The summed E-state index contributed by atoms with van der Waals surface area (Å²) in [6.07, 6.45) is 0. The molecule has 4 heteroatoms. The molecule has 4 aromatic carbocycles. The summed E-state index contributed by atoms with van der Waals surface area (Å²) in [5.41, 5.74) is 3.51. The Morgan fingerprint density at radius 3 is 2.43 bits per heavy atom. The first-order valence-electron chi connectivity index (χ1n) is 9.03. The third-order valence-corrected chi connectivity index (χ3v) is 4.71. The second-order valence-corrected chi connectivity index (χ2v) is 6.55. The Kier molecular flexibility index (Phi) is 3.87. The monoisotopic (exact) mass is 364 g/mol. The van der Waals surface area contributed by atoms with Gasteiger partial charge in [-0.2, -0.15) is 0 Å². The van der Waals surface area contributed by atoms with Gasteiger partial charge in [0.2, 0.25) is 5.89 Å². The largest absolute Gasteiger partial charge is 0.436 e. The van der Waals surface area contributed by atoms with Crippen molar-refractivity contribution in [1.29, 1.82) is 0 Å². The van der Waals surface area contributed by atoms with Gasteiger partial charge in [0, 0.05) is 5.56 Å². The average molecular weight is 364 g/mol. The molecule has 0 bridgehead atoms. The number of anilines is 1. The molecule has 1 heterocycles. The maximum absolute atomic E-state index is 12.9. The highest BCUT2D eigenvalue weighted by atomic mass is 16.3. The fourth-order valence-corrected chi connectivity index (χ4v) is 3.29. The van der Waals surface area contributed by atoms with Crippen molar-refractivity contribution in [1.82, 2.24) is 4.98 Å². The molecule has 0 atom stereocenters. The van der Waals surface area contributed by atoms with Gasteiger partial charge in [0.05, 0.1) is 11.3 Å². The molecule has 1 amide bonds. The van der Waals surface area contributed by atoms with Crippen LogP contribution >= 0.6 is 0 Å². The van der Waals surface area contributed by atoms with Gasteiger partial charge in [-0.05, 0) is 47.2 Å². The highest BCUT2D eigenvalue weighted by Crippen LogP contribution is 2.30. The van der Waals surface area contributed by atoms with E-state index in [1.165, 1.54) is 0 Å². The van der Waals surface area contributed by atoms with Gasteiger partial charge >= 0.3 is 0 Å². The first-order chi connectivity index (χ1) is 13.8. The minimum atomic E-state index is -0.172. The summed E-state index contributed by atoms with van der Waals surface area (Å²) in [5.74, 6) is 0.310. The van der Waals surface area contributed by atoms with Gasteiger partial charge in [0.15, 0.2) is 5.58 Å². The normalized spacial score (nSPS) is 11.0. The van der Waals surface area contributed by atoms with E-state index < -0.39 is 0 Å². The Bertz CT molecular complexity index is 1290. The van der Waals surface area contributed by atoms with Gasteiger partial charge < -0.3 is 9.73 Å². The number of benzene rings is 4. The molecule has 134 valence electrons. The predicted octanol–water partition coefficient (Wildman–Crippen LogP) is 5.90. The van der Waals surface area contributed by atoms with E-state index in [4.69, 9.17) is 4.42 Å². The summed E-state index contributed by atoms with van der Waals surface area (Å²) >= 11 is 0. The quantitative estimate of drug-likeness (QED) is 0.433. The zero-order chi connectivity index (χ0) is 18.9. The summed E-state index contributed by atoms with van der Waals surface area (Å²) in [6.45, 7) is 0. The van der Waals surface area contributed by atoms with Gasteiger partial charge in [-0.15, -0.1) is 0 Å². The molecule has 1 aromatic heterocycles. The lowest BCUT2D eigenvalue weighted by Gasteiger charge is -2.09. The van der Waals surface area contributed by atoms with Crippen LogP contribution in [-0.2, 0) is 0 Å². The molecular formula is C24H16N2O2. The van der Waals surface area contributed by atoms with E-state index in [2.05, 4.69) is 10.3 Å². The first kappa shape index (κ1) is 16.3. The molecule has 0 unspecified atom stereocenters. The highest BCUT2D eigenvalue weighted by molar-refractivity contribution is 6.08. The number of carbonyl (C=O) groups is 1. The van der Waals surface area contributed by atoms with Crippen molar-refractivity contribution >= 4 is 33.5 Å². The van der Waals surface area contributed by atoms with Gasteiger partial charge in [0.1, 0.15) is 5.52 Å². The van der Waals surface area contributed by atoms with Crippen LogP contribution in [0.4, 0.5) is 5.69 Å². The number of para-hydroxylation sites is 3. The van der Waals surface area contributed by atoms with Crippen molar-refractivity contribution in [2.45, 2.75) is 0 Å². The van der Waals surface area contributed by atoms with Crippen molar-refractivity contribution in [3.8, 4) is 11.5 Å². The number of oxazole rings is 1. The first-order valence-corrected chi connectivity index (χ1v) is 9.03. The molecule has 0 fully saturated rings. The third-order valence-electron chi connectivity index (χ3n) is 4.71. The summed E-state index contributed by atoms with van der Waals surface area (Å²) in [5, 5.41) is 5.13. The van der Waals surface area contributed by atoms with Crippen LogP contribution in [0.5, 0.6) is 0 Å². The fraction of sp³-hybridized carbons (Fsp3) is 0. The number of hydrogen-bond acceptors (Lipinski definition) is 3. The van der Waals surface area contributed by atoms with Gasteiger partial charge in [0.25, 0.3) is 5.91 Å². The summed E-state index contributed by atoms with van der Waals surface area (Å²) in [6, 6.07) is 28.8. The van der Waals surface area contributed by atoms with Crippen molar-refractivity contribution in [2.75, 3.05) is 5.32 Å².